The van der Waals surface area contributed by atoms with Gasteiger partial charge in [-0.2, -0.15) is 5.26 Å². The van der Waals surface area contributed by atoms with Gasteiger partial charge in [-0.25, -0.2) is 13.8 Å². The third-order valence-corrected chi connectivity index (χ3v) is 5.82. The number of carbonyl (C=O) groups excluding carboxylic acids is 1. The van der Waals surface area contributed by atoms with Crippen LogP contribution in [0.1, 0.15) is 28.8 Å². The molecule has 2 heterocycles. The van der Waals surface area contributed by atoms with E-state index in [1.54, 1.807) is 18.2 Å². The van der Waals surface area contributed by atoms with Gasteiger partial charge in [0.2, 0.25) is 5.88 Å². The number of rotatable bonds is 6. The van der Waals surface area contributed by atoms with E-state index in [2.05, 4.69) is 21.3 Å². The summed E-state index contributed by atoms with van der Waals surface area (Å²) in [6.07, 6.45) is 0.921. The Morgan fingerprint density at radius 1 is 1.17 bits per heavy atom. The maximum absolute atomic E-state index is 13.9. The molecule has 10 heteroatoms. The second kappa shape index (κ2) is 10.6. The molecule has 35 heavy (non-hydrogen) atoms. The third-order valence-electron chi connectivity index (χ3n) is 5.61. The first-order chi connectivity index (χ1) is 16.9. The van der Waals surface area contributed by atoms with Gasteiger partial charge in [-0.05, 0) is 42.5 Å². The lowest BCUT2D eigenvalue weighted by atomic mass is 10.1. The van der Waals surface area contributed by atoms with Crippen LogP contribution in [-0.4, -0.2) is 37.2 Å². The molecule has 1 aliphatic heterocycles. The summed E-state index contributed by atoms with van der Waals surface area (Å²) in [5.41, 5.74) is 1.76. The van der Waals surface area contributed by atoms with Crippen molar-refractivity contribution in [3.05, 3.63) is 76.4 Å². The Morgan fingerprint density at radius 3 is 2.63 bits per heavy atom. The number of halogens is 3. The number of hydrogen-bond acceptors (Lipinski definition) is 6. The average Bonchev–Trinajstić information content (AvgIpc) is 2.86. The quantitative estimate of drug-likeness (QED) is 0.470. The summed E-state index contributed by atoms with van der Waals surface area (Å²) in [4.78, 5) is 19.1. The van der Waals surface area contributed by atoms with Gasteiger partial charge < -0.3 is 19.7 Å². The minimum Gasteiger partial charge on any atom is -0.487 e. The van der Waals surface area contributed by atoms with Gasteiger partial charge >= 0.3 is 0 Å². The third kappa shape index (κ3) is 5.61. The second-order valence-electron chi connectivity index (χ2n) is 7.87. The van der Waals surface area contributed by atoms with E-state index in [4.69, 9.17) is 21.1 Å². The largest absolute Gasteiger partial charge is 0.487 e. The van der Waals surface area contributed by atoms with Crippen molar-refractivity contribution in [3.63, 3.8) is 0 Å². The molecule has 1 aromatic heterocycles. The van der Waals surface area contributed by atoms with Crippen LogP contribution < -0.4 is 19.7 Å². The van der Waals surface area contributed by atoms with Crippen LogP contribution in [0.4, 0.5) is 20.2 Å². The van der Waals surface area contributed by atoms with Crippen molar-refractivity contribution < 1.29 is 23.0 Å². The summed E-state index contributed by atoms with van der Waals surface area (Å²) in [6, 6.07) is 13.3. The first kappa shape index (κ1) is 24.2. The molecule has 1 N–H and O–H groups in total. The SMILES string of the molecule is COc1nc(Cl)ccc1C(=O)Nc1cc(C#N)ccc1N1CCC(Oc2ccc(F)cc2F)CC1. The van der Waals surface area contributed by atoms with E-state index in [-0.39, 0.29) is 28.5 Å². The number of nitriles is 1. The summed E-state index contributed by atoms with van der Waals surface area (Å²) >= 11 is 5.89. The van der Waals surface area contributed by atoms with E-state index in [1.165, 1.54) is 25.3 Å². The highest BCUT2D eigenvalue weighted by molar-refractivity contribution is 6.29. The smallest absolute Gasteiger partial charge is 0.261 e. The minimum atomic E-state index is -0.739. The van der Waals surface area contributed by atoms with Crippen LogP contribution in [0.3, 0.4) is 0 Å². The molecule has 0 atom stereocenters. The standard InChI is InChI=1S/C25H21ClF2N4O3/c1-34-25-18(4-7-23(26)31-25)24(33)30-20-12-15(14-29)2-5-21(20)32-10-8-17(9-11-32)35-22-6-3-16(27)13-19(22)28/h2-7,12-13,17H,8-11H2,1H3,(H,30,33). The Bertz CT molecular complexity index is 1290. The van der Waals surface area contributed by atoms with Crippen molar-refractivity contribution in [2.75, 3.05) is 30.4 Å². The fourth-order valence-corrected chi connectivity index (χ4v) is 4.02. The highest BCUT2D eigenvalue weighted by Gasteiger charge is 2.25. The zero-order chi connectivity index (χ0) is 24.9. The molecule has 2 aromatic carbocycles. The number of nitrogens with one attached hydrogen (secondary N) is 1. The lowest BCUT2D eigenvalue weighted by molar-refractivity contribution is 0.102. The Hall–Kier alpha value is -3.90. The molecule has 0 bridgehead atoms. The number of pyridine rings is 1. The van der Waals surface area contributed by atoms with Gasteiger partial charge in [0.1, 0.15) is 22.6 Å². The van der Waals surface area contributed by atoms with E-state index < -0.39 is 17.5 Å². The van der Waals surface area contributed by atoms with E-state index in [0.29, 0.717) is 37.2 Å². The molecule has 1 aliphatic rings. The van der Waals surface area contributed by atoms with Gasteiger partial charge in [-0.15, -0.1) is 0 Å². The van der Waals surface area contributed by atoms with Crippen molar-refractivity contribution in [1.29, 1.82) is 5.26 Å². The van der Waals surface area contributed by atoms with E-state index in [0.717, 1.165) is 17.8 Å². The normalized spacial score (nSPS) is 13.7. The van der Waals surface area contributed by atoms with Crippen molar-refractivity contribution >= 4 is 28.9 Å². The number of aromatic nitrogens is 1. The molecule has 0 unspecified atom stereocenters. The predicted molar refractivity (Wildman–Crippen MR) is 127 cm³/mol. The van der Waals surface area contributed by atoms with Gasteiger partial charge in [0.25, 0.3) is 5.91 Å². The maximum Gasteiger partial charge on any atom is 0.261 e. The van der Waals surface area contributed by atoms with Crippen LogP contribution in [0, 0.1) is 23.0 Å². The number of piperidine rings is 1. The Balaban J connectivity index is 1.50. The van der Waals surface area contributed by atoms with Gasteiger partial charge in [-0.1, -0.05) is 11.6 Å². The van der Waals surface area contributed by atoms with Gasteiger partial charge in [0.15, 0.2) is 11.6 Å². The molecular weight excluding hydrogens is 478 g/mol. The predicted octanol–water partition coefficient (Wildman–Crippen LogP) is 5.19. The number of anilines is 2. The van der Waals surface area contributed by atoms with Crippen molar-refractivity contribution in [2.45, 2.75) is 18.9 Å². The van der Waals surface area contributed by atoms with Crippen molar-refractivity contribution in [2.24, 2.45) is 0 Å². The molecule has 180 valence electrons. The minimum absolute atomic E-state index is 0.0155. The Labute approximate surface area is 205 Å². The Morgan fingerprint density at radius 2 is 1.94 bits per heavy atom. The number of ether oxygens (including phenoxy) is 2. The monoisotopic (exact) mass is 498 g/mol. The van der Waals surface area contributed by atoms with Gasteiger partial charge in [-0.3, -0.25) is 4.79 Å². The van der Waals surface area contributed by atoms with Crippen LogP contribution in [0.15, 0.2) is 48.5 Å². The number of methoxy groups -OCH3 is 1. The van der Waals surface area contributed by atoms with Crippen LogP contribution >= 0.6 is 11.6 Å². The number of hydrogen-bond donors (Lipinski definition) is 1. The molecule has 0 saturated carbocycles. The summed E-state index contributed by atoms with van der Waals surface area (Å²) in [7, 11) is 1.39. The highest BCUT2D eigenvalue weighted by atomic mass is 35.5. The first-order valence-electron chi connectivity index (χ1n) is 10.8. The molecule has 1 amide bonds. The van der Waals surface area contributed by atoms with Gasteiger partial charge in [0, 0.05) is 32.0 Å². The lowest BCUT2D eigenvalue weighted by Crippen LogP contribution is -2.38. The first-order valence-corrected chi connectivity index (χ1v) is 11.2. The number of carbonyl (C=O) groups is 1. The topological polar surface area (TPSA) is 87.5 Å². The van der Waals surface area contributed by atoms with E-state index in [1.807, 2.05) is 0 Å². The van der Waals surface area contributed by atoms with Crippen LogP contribution in [0.25, 0.3) is 0 Å². The van der Waals surface area contributed by atoms with Crippen molar-refractivity contribution in [1.82, 2.24) is 4.98 Å². The molecule has 4 rings (SSSR count). The van der Waals surface area contributed by atoms with Gasteiger partial charge in [0.05, 0.1) is 30.1 Å². The summed E-state index contributed by atoms with van der Waals surface area (Å²) in [6.45, 7) is 1.13. The molecule has 1 saturated heterocycles. The molecule has 0 aliphatic carbocycles. The van der Waals surface area contributed by atoms with E-state index in [9.17, 15) is 18.8 Å². The zero-order valence-electron chi connectivity index (χ0n) is 18.7. The second-order valence-corrected chi connectivity index (χ2v) is 8.25. The molecule has 0 radical (unpaired) electrons. The average molecular weight is 499 g/mol. The molecule has 7 nitrogen and oxygen atoms in total. The maximum atomic E-state index is 13.9. The highest BCUT2D eigenvalue weighted by Crippen LogP contribution is 2.32. The number of nitrogens with zero attached hydrogens (tertiary/aromatic N) is 3. The lowest BCUT2D eigenvalue weighted by Gasteiger charge is -2.35. The molecule has 1 fully saturated rings. The fraction of sp³-hybridized carbons (Fsp3) is 0.240. The van der Waals surface area contributed by atoms with Crippen molar-refractivity contribution in [3.8, 4) is 17.7 Å². The molecule has 3 aromatic rings. The number of benzene rings is 2. The molecular formula is C25H21ClF2N4O3. The molecule has 0 spiro atoms. The summed E-state index contributed by atoms with van der Waals surface area (Å²) in [5, 5.41) is 12.4. The Kier molecular flexibility index (Phi) is 7.32. The van der Waals surface area contributed by atoms with Crippen LogP contribution in [-0.2, 0) is 0 Å². The summed E-state index contributed by atoms with van der Waals surface area (Å²) < 4.78 is 38.0. The van der Waals surface area contributed by atoms with Crippen LogP contribution in [0.5, 0.6) is 11.6 Å². The van der Waals surface area contributed by atoms with E-state index >= 15 is 0 Å². The zero-order valence-corrected chi connectivity index (χ0v) is 19.5. The fourth-order valence-electron chi connectivity index (χ4n) is 3.88. The van der Waals surface area contributed by atoms with Crippen LogP contribution in [0.2, 0.25) is 5.15 Å². The summed E-state index contributed by atoms with van der Waals surface area (Å²) in [5.74, 6) is -1.77. The number of amides is 1.